The molecule has 0 amide bonds. The molecule has 1 aliphatic heterocycles. The van der Waals surface area contributed by atoms with E-state index < -0.39 is 20.0 Å². The third-order valence-electron chi connectivity index (χ3n) is 5.34. The van der Waals surface area contributed by atoms with Gasteiger partial charge in [-0.05, 0) is 55.1 Å². The lowest BCUT2D eigenvalue weighted by atomic mass is 10.1. The van der Waals surface area contributed by atoms with Crippen LogP contribution in [0.15, 0.2) is 24.3 Å². The molecule has 1 heterocycles. The molecule has 2 rings (SSSR count). The Morgan fingerprint density at radius 3 is 1.85 bits per heavy atom. The van der Waals surface area contributed by atoms with Crippen molar-refractivity contribution in [3.05, 3.63) is 29.8 Å². The molecule has 0 bridgehead atoms. The number of ether oxygens (including phenoxy) is 2. The molecule has 2 atom stereocenters. The molecule has 152 valence electrons. The summed E-state index contributed by atoms with van der Waals surface area (Å²) in [6.45, 7) is 19.3. The van der Waals surface area contributed by atoms with Gasteiger partial charge in [0, 0.05) is 0 Å². The van der Waals surface area contributed by atoms with E-state index in [-0.39, 0.29) is 12.1 Å². The van der Waals surface area contributed by atoms with Gasteiger partial charge in [0.1, 0.15) is 17.5 Å². The molecule has 0 aliphatic carbocycles. The summed E-state index contributed by atoms with van der Waals surface area (Å²) >= 11 is 0. The first-order chi connectivity index (χ1) is 12.4. The first kappa shape index (κ1) is 22.0. The highest BCUT2D eigenvalue weighted by atomic mass is 28.4. The first-order valence-corrected chi connectivity index (χ1v) is 12.2. The van der Waals surface area contributed by atoms with Crippen LogP contribution in [-0.4, -0.2) is 26.0 Å². The number of carbonyl (C=O) groups excluding carboxylic acids is 1. The molecule has 0 radical (unpaired) electrons. The quantitative estimate of drug-likeness (QED) is 0.323. The predicted molar refractivity (Wildman–Crippen MR) is 112 cm³/mol. The molecule has 1 aromatic rings. The van der Waals surface area contributed by atoms with Gasteiger partial charge >= 0.3 is 5.97 Å². The van der Waals surface area contributed by atoms with E-state index in [9.17, 15) is 4.79 Å². The van der Waals surface area contributed by atoms with Crippen LogP contribution < -0.4 is 4.43 Å². The first-order valence-electron chi connectivity index (χ1n) is 10.1. The SMILES string of the molecule is CC(C)[Si](Oc1ccc([C@H]2O[C@H]2C(=O)OC(C)(C)C)cc1)(C(C)C)C(C)C. The standard InChI is InChI=1S/C22H36O4Si/c1-14(2)27(15(3)4,16(5)6)26-18-12-10-17(11-13-18)19-20(24-19)21(23)25-22(7,8)9/h10-16,19-20H,1-9H3/t19-,20-/m1/s1. The second-order valence-electron chi connectivity index (χ2n) is 9.50. The minimum Gasteiger partial charge on any atom is -0.543 e. The zero-order valence-electron chi connectivity index (χ0n) is 18.3. The maximum Gasteiger partial charge on any atom is 0.338 e. The Hall–Kier alpha value is -1.33. The second-order valence-corrected chi connectivity index (χ2v) is 14.9. The topological polar surface area (TPSA) is 48.1 Å². The molecular formula is C22H36O4Si. The Morgan fingerprint density at radius 2 is 1.44 bits per heavy atom. The van der Waals surface area contributed by atoms with Crippen LogP contribution in [0.4, 0.5) is 0 Å². The molecule has 0 unspecified atom stereocenters. The number of hydrogen-bond acceptors (Lipinski definition) is 4. The Labute approximate surface area is 165 Å². The van der Waals surface area contributed by atoms with Gasteiger partial charge < -0.3 is 13.9 Å². The van der Waals surface area contributed by atoms with E-state index >= 15 is 0 Å². The van der Waals surface area contributed by atoms with Gasteiger partial charge in [-0.2, -0.15) is 0 Å². The van der Waals surface area contributed by atoms with Gasteiger partial charge in [0.15, 0.2) is 6.10 Å². The van der Waals surface area contributed by atoms with E-state index in [2.05, 4.69) is 41.5 Å². The highest BCUT2D eigenvalue weighted by molar-refractivity contribution is 6.78. The summed E-state index contributed by atoms with van der Waals surface area (Å²) in [4.78, 5) is 12.1. The van der Waals surface area contributed by atoms with Crippen molar-refractivity contribution in [2.24, 2.45) is 0 Å². The van der Waals surface area contributed by atoms with Crippen molar-refractivity contribution < 1.29 is 18.7 Å². The van der Waals surface area contributed by atoms with Crippen molar-refractivity contribution in [1.29, 1.82) is 0 Å². The summed E-state index contributed by atoms with van der Waals surface area (Å²) in [6, 6.07) is 8.03. The molecule has 27 heavy (non-hydrogen) atoms. The average molecular weight is 393 g/mol. The molecule has 0 aromatic heterocycles. The van der Waals surface area contributed by atoms with E-state index in [0.717, 1.165) is 11.3 Å². The summed E-state index contributed by atoms with van der Waals surface area (Å²) in [5, 5.41) is 0. The molecule has 0 N–H and O–H groups in total. The fourth-order valence-electron chi connectivity index (χ4n) is 4.19. The van der Waals surface area contributed by atoms with Gasteiger partial charge in [-0.25, -0.2) is 4.79 Å². The van der Waals surface area contributed by atoms with Crippen LogP contribution in [0.2, 0.25) is 16.6 Å². The minimum atomic E-state index is -1.96. The average Bonchev–Trinajstić information content (AvgIpc) is 3.31. The maximum atomic E-state index is 12.1. The lowest BCUT2D eigenvalue weighted by Crippen LogP contribution is -2.50. The molecule has 0 saturated carbocycles. The lowest BCUT2D eigenvalue weighted by Gasteiger charge is -2.42. The molecule has 1 aliphatic rings. The van der Waals surface area contributed by atoms with Gasteiger partial charge in [-0.15, -0.1) is 0 Å². The number of carbonyl (C=O) groups is 1. The van der Waals surface area contributed by atoms with Crippen LogP contribution in [0.25, 0.3) is 0 Å². The van der Waals surface area contributed by atoms with Crippen molar-refractivity contribution >= 4 is 14.3 Å². The molecule has 1 saturated heterocycles. The Bertz CT molecular complexity index is 621. The third-order valence-corrected chi connectivity index (χ3v) is 11.3. The van der Waals surface area contributed by atoms with Crippen LogP contribution in [0, 0.1) is 0 Å². The Balaban J connectivity index is 2.09. The highest BCUT2D eigenvalue weighted by Crippen LogP contribution is 2.44. The van der Waals surface area contributed by atoms with Crippen molar-refractivity contribution in [3.63, 3.8) is 0 Å². The number of benzene rings is 1. The molecular weight excluding hydrogens is 356 g/mol. The van der Waals surface area contributed by atoms with E-state index in [1.807, 2.05) is 45.0 Å². The highest BCUT2D eigenvalue weighted by Gasteiger charge is 2.49. The molecule has 1 aromatic carbocycles. The fourth-order valence-corrected chi connectivity index (χ4v) is 9.44. The van der Waals surface area contributed by atoms with Gasteiger partial charge in [0.25, 0.3) is 8.32 Å². The molecule has 1 fully saturated rings. The lowest BCUT2D eigenvalue weighted by molar-refractivity contribution is -0.156. The zero-order valence-corrected chi connectivity index (χ0v) is 19.3. The van der Waals surface area contributed by atoms with Crippen molar-refractivity contribution in [2.75, 3.05) is 0 Å². The number of esters is 1. The van der Waals surface area contributed by atoms with E-state index in [4.69, 9.17) is 13.9 Å². The van der Waals surface area contributed by atoms with E-state index in [1.165, 1.54) is 0 Å². The number of hydrogen-bond donors (Lipinski definition) is 0. The summed E-state index contributed by atoms with van der Waals surface area (Å²) in [7, 11) is -1.96. The van der Waals surface area contributed by atoms with Crippen molar-refractivity contribution in [3.8, 4) is 5.75 Å². The second kappa shape index (κ2) is 7.96. The van der Waals surface area contributed by atoms with Gasteiger partial charge in [0.2, 0.25) is 0 Å². The fraction of sp³-hybridized carbons (Fsp3) is 0.682. The van der Waals surface area contributed by atoms with Crippen LogP contribution >= 0.6 is 0 Å². The zero-order chi connectivity index (χ0) is 20.6. The Morgan fingerprint density at radius 1 is 0.963 bits per heavy atom. The van der Waals surface area contributed by atoms with E-state index in [0.29, 0.717) is 16.6 Å². The van der Waals surface area contributed by atoms with Crippen molar-refractivity contribution in [2.45, 2.75) is 96.7 Å². The van der Waals surface area contributed by atoms with Gasteiger partial charge in [0.05, 0.1) is 0 Å². The number of epoxide rings is 1. The van der Waals surface area contributed by atoms with Crippen LogP contribution in [0.5, 0.6) is 5.75 Å². The summed E-state index contributed by atoms with van der Waals surface area (Å²) in [5.41, 5.74) is 2.08. The van der Waals surface area contributed by atoms with Crippen molar-refractivity contribution in [1.82, 2.24) is 0 Å². The number of rotatable bonds is 7. The summed E-state index contributed by atoms with van der Waals surface area (Å²) in [5.74, 6) is 0.620. The van der Waals surface area contributed by atoms with Crippen LogP contribution in [0.1, 0.15) is 74.0 Å². The Kier molecular flexibility index (Phi) is 6.47. The largest absolute Gasteiger partial charge is 0.543 e. The van der Waals surface area contributed by atoms with Gasteiger partial charge in [-0.1, -0.05) is 53.7 Å². The molecule has 0 spiro atoms. The minimum absolute atomic E-state index is 0.212. The monoisotopic (exact) mass is 392 g/mol. The predicted octanol–water partition coefficient (Wildman–Crippen LogP) is 6.02. The summed E-state index contributed by atoms with van der Waals surface area (Å²) in [6.07, 6.45) is -0.706. The third kappa shape index (κ3) is 4.94. The van der Waals surface area contributed by atoms with Crippen LogP contribution in [-0.2, 0) is 14.3 Å². The maximum absolute atomic E-state index is 12.1. The summed E-state index contributed by atoms with van der Waals surface area (Å²) < 4.78 is 17.6. The normalized spacial score (nSPS) is 20.3. The molecule has 4 nitrogen and oxygen atoms in total. The molecule has 5 heteroatoms. The van der Waals surface area contributed by atoms with Crippen LogP contribution in [0.3, 0.4) is 0 Å². The van der Waals surface area contributed by atoms with E-state index in [1.54, 1.807) is 0 Å². The smallest absolute Gasteiger partial charge is 0.338 e. The van der Waals surface area contributed by atoms with Gasteiger partial charge in [-0.3, -0.25) is 0 Å².